The summed E-state index contributed by atoms with van der Waals surface area (Å²) in [7, 11) is 0. The maximum absolute atomic E-state index is 12.3. The van der Waals surface area contributed by atoms with Gasteiger partial charge in [0.05, 0.1) is 17.2 Å². The molecule has 0 fully saturated rings. The van der Waals surface area contributed by atoms with Crippen LogP contribution < -0.4 is 4.74 Å². The van der Waals surface area contributed by atoms with Crippen LogP contribution in [0.15, 0.2) is 54.6 Å². The lowest BCUT2D eigenvalue weighted by Gasteiger charge is -2.21. The summed E-state index contributed by atoms with van der Waals surface area (Å²) in [6, 6.07) is 16.2. The molecular weight excluding hydrogens is 322 g/mol. The van der Waals surface area contributed by atoms with E-state index in [1.165, 1.54) is 30.4 Å². The monoisotopic (exact) mass is 345 g/mol. The van der Waals surface area contributed by atoms with E-state index in [2.05, 4.69) is 13.0 Å². The van der Waals surface area contributed by atoms with Crippen molar-refractivity contribution in [2.24, 2.45) is 5.92 Å². The average molecular weight is 345 g/mol. The topological polar surface area (TPSA) is 50.1 Å². The highest BCUT2D eigenvalue weighted by molar-refractivity contribution is 5.91. The van der Waals surface area contributed by atoms with Gasteiger partial charge in [-0.15, -0.1) is 0 Å². The molecule has 1 aliphatic carbocycles. The lowest BCUT2D eigenvalue weighted by atomic mass is 9.84. The van der Waals surface area contributed by atoms with E-state index in [0.29, 0.717) is 16.9 Å². The number of carbonyl (C=O) groups is 1. The van der Waals surface area contributed by atoms with Gasteiger partial charge >= 0.3 is 5.97 Å². The molecule has 2 aromatic rings. The lowest BCUT2D eigenvalue weighted by Crippen LogP contribution is -2.09. The van der Waals surface area contributed by atoms with Gasteiger partial charge in [-0.2, -0.15) is 5.26 Å². The molecule has 2 aromatic carbocycles. The molecule has 3 nitrogen and oxygen atoms in total. The number of hydrogen-bond donors (Lipinski definition) is 0. The quantitative estimate of drug-likeness (QED) is 0.511. The Hall–Kier alpha value is -2.86. The molecule has 3 rings (SSSR count). The number of rotatable bonds is 5. The first-order valence-corrected chi connectivity index (χ1v) is 9.21. The molecule has 1 atom stereocenters. The van der Waals surface area contributed by atoms with Gasteiger partial charge in [-0.25, -0.2) is 4.79 Å². The molecule has 0 N–H and O–H groups in total. The van der Waals surface area contributed by atoms with Crippen LogP contribution in [0.25, 0.3) is 5.57 Å². The van der Waals surface area contributed by atoms with E-state index in [0.717, 1.165) is 18.8 Å². The number of nitriles is 1. The van der Waals surface area contributed by atoms with Gasteiger partial charge in [-0.3, -0.25) is 0 Å². The molecule has 0 aliphatic heterocycles. The van der Waals surface area contributed by atoms with Gasteiger partial charge in [-0.05, 0) is 72.7 Å². The molecule has 26 heavy (non-hydrogen) atoms. The van der Waals surface area contributed by atoms with E-state index in [1.54, 1.807) is 24.3 Å². The number of hydrogen-bond acceptors (Lipinski definition) is 3. The first kappa shape index (κ1) is 17.9. The summed E-state index contributed by atoms with van der Waals surface area (Å²) in [5.41, 5.74) is 3.63. The zero-order valence-electron chi connectivity index (χ0n) is 15.1. The molecule has 1 aliphatic rings. The van der Waals surface area contributed by atoms with Crippen LogP contribution in [0.1, 0.15) is 60.5 Å². The molecule has 132 valence electrons. The second-order valence-corrected chi connectivity index (χ2v) is 6.76. The normalized spacial score (nSPS) is 16.5. The molecule has 0 radical (unpaired) electrons. The van der Waals surface area contributed by atoms with Crippen LogP contribution >= 0.6 is 0 Å². The van der Waals surface area contributed by atoms with Gasteiger partial charge in [0.1, 0.15) is 5.75 Å². The smallest absolute Gasteiger partial charge is 0.343 e. The van der Waals surface area contributed by atoms with Crippen molar-refractivity contribution in [2.75, 3.05) is 0 Å². The molecular formula is C23H23NO2. The number of benzene rings is 2. The first-order valence-electron chi connectivity index (χ1n) is 9.21. The summed E-state index contributed by atoms with van der Waals surface area (Å²) in [6.45, 7) is 2.24. The highest BCUT2D eigenvalue weighted by Crippen LogP contribution is 2.32. The number of esters is 1. The third kappa shape index (κ3) is 4.40. The fraction of sp³-hybridized carbons (Fsp3) is 0.304. The van der Waals surface area contributed by atoms with Crippen LogP contribution in [0, 0.1) is 17.2 Å². The SMILES string of the molecule is CCCC1CC=C(c2ccc(C(=O)Oc3ccc(C#N)cc3)cc2)CC1. The number of ether oxygens (including phenoxy) is 1. The molecule has 0 saturated carbocycles. The zero-order chi connectivity index (χ0) is 18.4. The van der Waals surface area contributed by atoms with Gasteiger partial charge in [0.25, 0.3) is 0 Å². The zero-order valence-corrected chi connectivity index (χ0v) is 15.1. The Morgan fingerprint density at radius 2 is 1.88 bits per heavy atom. The first-order chi connectivity index (χ1) is 12.7. The number of carbonyl (C=O) groups excluding carboxylic acids is 1. The summed E-state index contributed by atoms with van der Waals surface area (Å²) in [6.07, 6.45) is 8.44. The van der Waals surface area contributed by atoms with Gasteiger partial charge in [0.2, 0.25) is 0 Å². The maximum atomic E-state index is 12.3. The van der Waals surface area contributed by atoms with Crippen LogP contribution in [-0.4, -0.2) is 5.97 Å². The minimum atomic E-state index is -0.387. The Labute approximate surface area is 154 Å². The van der Waals surface area contributed by atoms with E-state index in [4.69, 9.17) is 10.00 Å². The molecule has 3 heteroatoms. The predicted molar refractivity (Wildman–Crippen MR) is 103 cm³/mol. The van der Waals surface area contributed by atoms with Crippen LogP contribution in [0.3, 0.4) is 0 Å². The predicted octanol–water partition coefficient (Wildman–Crippen LogP) is 5.76. The van der Waals surface area contributed by atoms with E-state index in [-0.39, 0.29) is 5.97 Å². The van der Waals surface area contributed by atoms with Crippen molar-refractivity contribution in [1.82, 2.24) is 0 Å². The van der Waals surface area contributed by atoms with Crippen molar-refractivity contribution in [1.29, 1.82) is 5.26 Å². The van der Waals surface area contributed by atoms with Gasteiger partial charge < -0.3 is 4.74 Å². The van der Waals surface area contributed by atoms with Crippen molar-refractivity contribution >= 4 is 11.5 Å². The molecule has 0 aromatic heterocycles. The second-order valence-electron chi connectivity index (χ2n) is 6.76. The van der Waals surface area contributed by atoms with E-state index in [9.17, 15) is 4.79 Å². The molecule has 0 saturated heterocycles. The lowest BCUT2D eigenvalue weighted by molar-refractivity contribution is 0.0735. The Kier molecular flexibility index (Phi) is 5.86. The van der Waals surface area contributed by atoms with Crippen molar-refractivity contribution in [3.05, 3.63) is 71.3 Å². The molecule has 0 heterocycles. The summed E-state index contributed by atoms with van der Waals surface area (Å²) < 4.78 is 5.36. The summed E-state index contributed by atoms with van der Waals surface area (Å²) in [5.74, 6) is 0.877. The van der Waals surface area contributed by atoms with Crippen LogP contribution in [0.5, 0.6) is 5.75 Å². The maximum Gasteiger partial charge on any atom is 0.343 e. The second kappa shape index (κ2) is 8.49. The standard InChI is InChI=1S/C23H23NO2/c1-2-3-17-4-8-19(9-5-17)20-10-12-21(13-11-20)23(25)26-22-14-6-18(16-24)7-15-22/h6-8,10-15,17H,2-5,9H2,1H3. The van der Waals surface area contributed by atoms with E-state index >= 15 is 0 Å². The average Bonchev–Trinajstić information content (AvgIpc) is 2.69. The molecule has 0 bridgehead atoms. The van der Waals surface area contributed by atoms with Gasteiger partial charge in [0.15, 0.2) is 0 Å². The van der Waals surface area contributed by atoms with Gasteiger partial charge in [-0.1, -0.05) is 38.0 Å². The molecule has 0 spiro atoms. The number of allylic oxidation sites excluding steroid dienone is 2. The van der Waals surface area contributed by atoms with Crippen LogP contribution in [0.4, 0.5) is 0 Å². The third-order valence-corrected chi connectivity index (χ3v) is 4.90. The van der Waals surface area contributed by atoms with E-state index in [1.807, 2.05) is 30.3 Å². The highest BCUT2D eigenvalue weighted by atomic mass is 16.5. The van der Waals surface area contributed by atoms with Gasteiger partial charge in [0, 0.05) is 0 Å². The Morgan fingerprint density at radius 3 is 2.46 bits per heavy atom. The Bertz CT molecular complexity index is 826. The fourth-order valence-electron chi connectivity index (χ4n) is 3.40. The fourth-order valence-corrected chi connectivity index (χ4v) is 3.40. The highest BCUT2D eigenvalue weighted by Gasteiger charge is 2.15. The molecule has 0 amide bonds. The summed E-state index contributed by atoms with van der Waals surface area (Å²) in [4.78, 5) is 12.3. The summed E-state index contributed by atoms with van der Waals surface area (Å²) in [5, 5.41) is 8.80. The molecule has 1 unspecified atom stereocenters. The summed E-state index contributed by atoms with van der Waals surface area (Å²) >= 11 is 0. The Balaban J connectivity index is 1.63. The van der Waals surface area contributed by atoms with Crippen LogP contribution in [-0.2, 0) is 0 Å². The third-order valence-electron chi connectivity index (χ3n) is 4.90. The minimum Gasteiger partial charge on any atom is -0.423 e. The Morgan fingerprint density at radius 1 is 1.15 bits per heavy atom. The van der Waals surface area contributed by atoms with Crippen molar-refractivity contribution in [3.8, 4) is 11.8 Å². The van der Waals surface area contributed by atoms with E-state index < -0.39 is 0 Å². The van der Waals surface area contributed by atoms with Crippen molar-refractivity contribution < 1.29 is 9.53 Å². The minimum absolute atomic E-state index is 0.387. The van der Waals surface area contributed by atoms with Crippen molar-refractivity contribution in [2.45, 2.75) is 39.0 Å². The van der Waals surface area contributed by atoms with Crippen LogP contribution in [0.2, 0.25) is 0 Å². The number of nitrogens with zero attached hydrogens (tertiary/aromatic N) is 1. The van der Waals surface area contributed by atoms with Crippen molar-refractivity contribution in [3.63, 3.8) is 0 Å². The largest absolute Gasteiger partial charge is 0.423 e.